The Morgan fingerprint density at radius 3 is 2.30 bits per heavy atom. The summed E-state index contributed by atoms with van der Waals surface area (Å²) < 4.78 is 26.9. The number of carboxylic acid groups (broad SMARTS) is 1. The summed E-state index contributed by atoms with van der Waals surface area (Å²) in [6.45, 7) is 2.49. The highest BCUT2D eigenvalue weighted by atomic mass is 32.2. The second-order valence-corrected chi connectivity index (χ2v) is 9.42. The van der Waals surface area contributed by atoms with Gasteiger partial charge in [0.25, 0.3) is 0 Å². The van der Waals surface area contributed by atoms with Crippen LogP contribution in [0.3, 0.4) is 0 Å². The molecule has 0 unspecified atom stereocenters. The molecule has 0 bridgehead atoms. The van der Waals surface area contributed by atoms with Gasteiger partial charge in [-0.25, -0.2) is 8.42 Å². The maximum atomic E-state index is 12.7. The van der Waals surface area contributed by atoms with E-state index in [1.165, 1.54) is 4.31 Å². The first-order valence-electron chi connectivity index (χ1n) is 9.39. The van der Waals surface area contributed by atoms with E-state index in [4.69, 9.17) is 0 Å². The number of carbonyl (C=O) groups is 2. The third-order valence-electron chi connectivity index (χ3n) is 5.64. The van der Waals surface area contributed by atoms with Gasteiger partial charge in [0, 0.05) is 25.0 Å². The number of nitrogens with one attached hydrogen (secondary N) is 1. The molecule has 0 aromatic heterocycles. The van der Waals surface area contributed by atoms with E-state index in [-0.39, 0.29) is 22.8 Å². The Hall–Kier alpha value is -1.93. The first-order chi connectivity index (χ1) is 12.8. The Morgan fingerprint density at radius 2 is 1.70 bits per heavy atom. The molecule has 8 heteroatoms. The molecule has 1 saturated heterocycles. The molecule has 0 spiro atoms. The van der Waals surface area contributed by atoms with Gasteiger partial charge in [-0.1, -0.05) is 24.1 Å². The number of amides is 1. The number of aryl methyl sites for hydroxylation is 1. The van der Waals surface area contributed by atoms with E-state index in [0.29, 0.717) is 38.8 Å². The zero-order valence-electron chi connectivity index (χ0n) is 15.4. The maximum Gasteiger partial charge on any atom is 0.308 e. The van der Waals surface area contributed by atoms with Gasteiger partial charge in [-0.2, -0.15) is 4.31 Å². The summed E-state index contributed by atoms with van der Waals surface area (Å²) in [5.41, 5.74) is 0.996. The smallest absolute Gasteiger partial charge is 0.308 e. The predicted molar refractivity (Wildman–Crippen MR) is 99.6 cm³/mol. The van der Waals surface area contributed by atoms with E-state index in [1.54, 1.807) is 24.3 Å². The fourth-order valence-electron chi connectivity index (χ4n) is 3.95. The van der Waals surface area contributed by atoms with Gasteiger partial charge in [0.2, 0.25) is 15.9 Å². The Labute approximate surface area is 159 Å². The van der Waals surface area contributed by atoms with Crippen LogP contribution in [0.4, 0.5) is 0 Å². The van der Waals surface area contributed by atoms with Crippen molar-refractivity contribution < 1.29 is 23.1 Å². The van der Waals surface area contributed by atoms with Crippen molar-refractivity contribution in [1.29, 1.82) is 0 Å². The molecule has 1 aliphatic carbocycles. The molecule has 3 rings (SSSR count). The minimum Gasteiger partial charge on any atom is -0.481 e. The average Bonchev–Trinajstić information content (AvgIpc) is 3.10. The number of carboxylic acids is 1. The van der Waals surface area contributed by atoms with Gasteiger partial charge in [0.05, 0.1) is 10.8 Å². The topological polar surface area (TPSA) is 104 Å². The Kier molecular flexibility index (Phi) is 5.86. The van der Waals surface area contributed by atoms with Crippen molar-refractivity contribution in [3.8, 4) is 0 Å². The highest BCUT2D eigenvalue weighted by molar-refractivity contribution is 7.89. The normalized spacial score (nSPS) is 24.6. The van der Waals surface area contributed by atoms with Crippen molar-refractivity contribution in [1.82, 2.24) is 9.62 Å². The monoisotopic (exact) mass is 394 g/mol. The lowest BCUT2D eigenvalue weighted by Gasteiger charge is -2.31. The zero-order chi connectivity index (χ0) is 19.6. The summed E-state index contributed by atoms with van der Waals surface area (Å²) in [5, 5.41) is 12.1. The summed E-state index contributed by atoms with van der Waals surface area (Å²) in [6, 6.07) is 6.44. The number of aliphatic carboxylic acids is 1. The fourth-order valence-corrected chi connectivity index (χ4v) is 5.42. The van der Waals surface area contributed by atoms with Gasteiger partial charge < -0.3 is 10.4 Å². The number of benzene rings is 1. The first kappa shape index (κ1) is 19.8. The summed E-state index contributed by atoms with van der Waals surface area (Å²) in [6.07, 6.45) is 2.97. The zero-order valence-corrected chi connectivity index (χ0v) is 16.2. The average molecular weight is 394 g/mol. The summed E-state index contributed by atoms with van der Waals surface area (Å²) in [5.74, 6) is -1.81. The number of hydrogen-bond donors (Lipinski definition) is 2. The van der Waals surface area contributed by atoms with Crippen molar-refractivity contribution in [2.24, 2.45) is 11.8 Å². The van der Waals surface area contributed by atoms with Crippen LogP contribution in [0.1, 0.15) is 37.7 Å². The number of nitrogens with zero attached hydrogens (tertiary/aromatic N) is 1. The number of sulfonamides is 1. The molecule has 2 fully saturated rings. The van der Waals surface area contributed by atoms with Gasteiger partial charge in [0.1, 0.15) is 0 Å². The minimum atomic E-state index is -3.55. The highest BCUT2D eigenvalue weighted by Crippen LogP contribution is 2.28. The van der Waals surface area contributed by atoms with Crippen molar-refractivity contribution in [2.75, 3.05) is 13.1 Å². The van der Waals surface area contributed by atoms with Crippen molar-refractivity contribution >= 4 is 21.9 Å². The molecule has 1 saturated carbocycles. The molecular formula is C19H26N2O5S. The molecule has 148 valence electrons. The molecule has 1 amide bonds. The number of rotatable bonds is 5. The molecular weight excluding hydrogens is 368 g/mol. The molecule has 2 N–H and O–H groups in total. The van der Waals surface area contributed by atoms with Crippen LogP contribution in [0.15, 0.2) is 29.2 Å². The molecule has 2 aliphatic rings. The quantitative estimate of drug-likeness (QED) is 0.792. The lowest BCUT2D eigenvalue weighted by molar-refractivity contribution is -0.142. The SMILES string of the molecule is Cc1ccc(S(=O)(=O)N2CCC(C(=O)N[C@@H]3CCC[C@@H]3C(=O)O)CC2)cc1. The highest BCUT2D eigenvalue weighted by Gasteiger charge is 2.37. The third-order valence-corrected chi connectivity index (χ3v) is 7.56. The molecule has 7 nitrogen and oxygen atoms in total. The van der Waals surface area contributed by atoms with Crippen LogP contribution in [-0.4, -0.2) is 48.8 Å². The Bertz CT molecular complexity index is 798. The number of carbonyl (C=O) groups excluding carboxylic acids is 1. The van der Waals surface area contributed by atoms with Crippen LogP contribution in [-0.2, 0) is 19.6 Å². The molecule has 0 radical (unpaired) electrons. The molecule has 1 heterocycles. The first-order valence-corrected chi connectivity index (χ1v) is 10.8. The van der Waals surface area contributed by atoms with Gasteiger partial charge in [-0.05, 0) is 44.7 Å². The van der Waals surface area contributed by atoms with Crippen molar-refractivity contribution in [3.05, 3.63) is 29.8 Å². The molecule has 2 atom stereocenters. The second-order valence-electron chi connectivity index (χ2n) is 7.48. The molecule has 1 aromatic carbocycles. The van der Waals surface area contributed by atoms with E-state index in [0.717, 1.165) is 12.0 Å². The van der Waals surface area contributed by atoms with Gasteiger partial charge in [-0.3, -0.25) is 9.59 Å². The van der Waals surface area contributed by atoms with E-state index < -0.39 is 21.9 Å². The summed E-state index contributed by atoms with van der Waals surface area (Å²) >= 11 is 0. The lowest BCUT2D eigenvalue weighted by Crippen LogP contribution is -2.47. The summed E-state index contributed by atoms with van der Waals surface area (Å²) in [4.78, 5) is 24.0. The standard InChI is InChI=1S/C19H26N2O5S/c1-13-5-7-15(8-6-13)27(25,26)21-11-9-14(10-12-21)18(22)20-17-4-2-3-16(17)19(23)24/h5-8,14,16-17H,2-4,9-12H2,1H3,(H,20,22)(H,23,24)/t16-,17+/m0/s1. The van der Waals surface area contributed by atoms with E-state index in [1.807, 2.05) is 6.92 Å². The Balaban J connectivity index is 1.57. The van der Waals surface area contributed by atoms with Crippen LogP contribution in [0.25, 0.3) is 0 Å². The second kappa shape index (κ2) is 7.98. The van der Waals surface area contributed by atoms with E-state index in [2.05, 4.69) is 5.32 Å². The molecule has 27 heavy (non-hydrogen) atoms. The van der Waals surface area contributed by atoms with Crippen LogP contribution >= 0.6 is 0 Å². The molecule has 1 aromatic rings. The van der Waals surface area contributed by atoms with Crippen molar-refractivity contribution in [2.45, 2.75) is 50.0 Å². The van der Waals surface area contributed by atoms with E-state index in [9.17, 15) is 23.1 Å². The van der Waals surface area contributed by atoms with Gasteiger partial charge in [-0.15, -0.1) is 0 Å². The fraction of sp³-hybridized carbons (Fsp3) is 0.579. The van der Waals surface area contributed by atoms with Gasteiger partial charge in [0.15, 0.2) is 0 Å². The third kappa shape index (κ3) is 4.32. The molecule has 1 aliphatic heterocycles. The van der Waals surface area contributed by atoms with Gasteiger partial charge >= 0.3 is 5.97 Å². The minimum absolute atomic E-state index is 0.152. The Morgan fingerprint density at radius 1 is 1.07 bits per heavy atom. The predicted octanol–water partition coefficient (Wildman–Crippen LogP) is 1.77. The van der Waals surface area contributed by atoms with Crippen LogP contribution in [0, 0.1) is 18.8 Å². The largest absolute Gasteiger partial charge is 0.481 e. The van der Waals surface area contributed by atoms with Crippen LogP contribution in [0.2, 0.25) is 0 Å². The van der Waals surface area contributed by atoms with E-state index >= 15 is 0 Å². The van der Waals surface area contributed by atoms with Crippen LogP contribution < -0.4 is 5.32 Å². The van der Waals surface area contributed by atoms with Crippen LogP contribution in [0.5, 0.6) is 0 Å². The lowest BCUT2D eigenvalue weighted by atomic mass is 9.95. The number of piperidine rings is 1. The van der Waals surface area contributed by atoms with Crippen molar-refractivity contribution in [3.63, 3.8) is 0 Å². The number of hydrogen-bond acceptors (Lipinski definition) is 4. The maximum absolute atomic E-state index is 12.7. The summed E-state index contributed by atoms with van der Waals surface area (Å²) in [7, 11) is -3.55.